The van der Waals surface area contributed by atoms with Gasteiger partial charge in [0, 0.05) is 17.3 Å². The summed E-state index contributed by atoms with van der Waals surface area (Å²) >= 11 is 0. The van der Waals surface area contributed by atoms with E-state index < -0.39 is 11.5 Å². The molecule has 3 rings (SSSR count). The first-order valence-electron chi connectivity index (χ1n) is 6.38. The molecule has 1 aromatic carbocycles. The van der Waals surface area contributed by atoms with E-state index in [1.807, 2.05) is 12.1 Å². The Bertz CT molecular complexity index is 777. The first-order chi connectivity index (χ1) is 9.91. The number of hydrogen-bond acceptors (Lipinski definition) is 3. The molecule has 1 heterocycles. The molecule has 2 aromatic rings. The summed E-state index contributed by atoms with van der Waals surface area (Å²) in [5, 5.41) is 10.7. The van der Waals surface area contributed by atoms with E-state index >= 15 is 0 Å². The van der Waals surface area contributed by atoms with E-state index in [1.165, 1.54) is 0 Å². The minimum Gasteiger partial charge on any atom is -0.379 e. The van der Waals surface area contributed by atoms with E-state index in [9.17, 15) is 9.90 Å². The highest BCUT2D eigenvalue weighted by atomic mass is 16.3. The van der Waals surface area contributed by atoms with Crippen molar-refractivity contribution in [2.24, 2.45) is 16.5 Å². The lowest BCUT2D eigenvalue weighted by atomic mass is 9.95. The van der Waals surface area contributed by atoms with Gasteiger partial charge in [0.1, 0.15) is 5.60 Å². The molecule has 0 bridgehead atoms. The van der Waals surface area contributed by atoms with Crippen LogP contribution in [-0.2, 0) is 5.60 Å². The van der Waals surface area contributed by atoms with Crippen molar-refractivity contribution in [3.05, 3.63) is 53.3 Å². The monoisotopic (exact) mass is 282 g/mol. The lowest BCUT2D eigenvalue weighted by molar-refractivity contribution is 0.0995. The molecule has 0 aliphatic heterocycles. The molecule has 0 fully saturated rings. The molecule has 6 nitrogen and oxygen atoms in total. The van der Waals surface area contributed by atoms with Gasteiger partial charge in [0.2, 0.25) is 0 Å². The summed E-state index contributed by atoms with van der Waals surface area (Å²) in [4.78, 5) is 19.6. The number of hydrogen-bond donors (Lipinski definition) is 3. The van der Waals surface area contributed by atoms with Gasteiger partial charge in [-0.25, -0.2) is 0 Å². The minimum absolute atomic E-state index is 0.294. The molecular weight excluding hydrogens is 268 g/mol. The van der Waals surface area contributed by atoms with Crippen molar-refractivity contribution in [2.45, 2.75) is 12.5 Å². The zero-order valence-electron chi connectivity index (χ0n) is 11.4. The highest BCUT2D eigenvalue weighted by molar-refractivity contribution is 6.02. The van der Waals surface area contributed by atoms with Gasteiger partial charge in [0.25, 0.3) is 5.91 Å². The van der Waals surface area contributed by atoms with Crippen LogP contribution in [0.3, 0.4) is 0 Å². The van der Waals surface area contributed by atoms with Crippen molar-refractivity contribution in [1.82, 2.24) is 4.98 Å². The summed E-state index contributed by atoms with van der Waals surface area (Å²) in [5.41, 5.74) is 12.4. The van der Waals surface area contributed by atoms with Crippen LogP contribution in [-0.4, -0.2) is 22.0 Å². The maximum Gasteiger partial charge on any atom is 0.280 e. The van der Waals surface area contributed by atoms with Gasteiger partial charge < -0.3 is 16.6 Å². The molecular formula is C15H14N4O2. The summed E-state index contributed by atoms with van der Waals surface area (Å²) < 4.78 is 0. The van der Waals surface area contributed by atoms with E-state index in [-0.39, 0.29) is 5.96 Å². The maximum absolute atomic E-state index is 11.9. The number of benzene rings is 1. The molecule has 21 heavy (non-hydrogen) atoms. The van der Waals surface area contributed by atoms with Crippen LogP contribution in [0, 0.1) is 0 Å². The number of aliphatic imine (C=N–C) groups is 1. The van der Waals surface area contributed by atoms with Gasteiger partial charge in [-0.05, 0) is 36.2 Å². The summed E-state index contributed by atoms with van der Waals surface area (Å²) in [6.07, 6.45) is 1.63. The van der Waals surface area contributed by atoms with E-state index in [0.29, 0.717) is 16.8 Å². The van der Waals surface area contributed by atoms with Gasteiger partial charge in [-0.1, -0.05) is 12.1 Å². The van der Waals surface area contributed by atoms with Gasteiger partial charge >= 0.3 is 0 Å². The number of nitrogens with two attached hydrogens (primary N) is 2. The Hall–Kier alpha value is -2.73. The first-order valence-corrected chi connectivity index (χ1v) is 6.38. The molecule has 0 saturated heterocycles. The Morgan fingerprint density at radius 2 is 2.05 bits per heavy atom. The fourth-order valence-electron chi connectivity index (χ4n) is 2.63. The lowest BCUT2D eigenvalue weighted by Gasteiger charge is -2.18. The number of aliphatic hydroxyl groups is 1. The van der Waals surface area contributed by atoms with Crippen molar-refractivity contribution in [3.8, 4) is 11.1 Å². The fraction of sp³-hybridized carbons (Fsp3) is 0.133. The van der Waals surface area contributed by atoms with Crippen LogP contribution in [0.2, 0.25) is 0 Å². The molecule has 5 N–H and O–H groups in total. The highest BCUT2D eigenvalue weighted by Gasteiger charge is 2.39. The zero-order valence-corrected chi connectivity index (χ0v) is 11.4. The van der Waals surface area contributed by atoms with Crippen LogP contribution < -0.4 is 11.5 Å². The van der Waals surface area contributed by atoms with Crippen LogP contribution in [0.25, 0.3) is 11.1 Å². The quantitative estimate of drug-likeness (QED) is 0.527. The van der Waals surface area contributed by atoms with E-state index in [4.69, 9.17) is 11.5 Å². The summed E-state index contributed by atoms with van der Waals surface area (Å²) in [7, 11) is 0. The largest absolute Gasteiger partial charge is 0.379 e. The Morgan fingerprint density at radius 1 is 1.29 bits per heavy atom. The van der Waals surface area contributed by atoms with Crippen LogP contribution in [0.1, 0.15) is 28.5 Å². The first kappa shape index (κ1) is 13.3. The molecule has 1 aliphatic rings. The highest BCUT2D eigenvalue weighted by Crippen LogP contribution is 2.46. The van der Waals surface area contributed by atoms with Crippen molar-refractivity contribution in [1.29, 1.82) is 0 Å². The standard InChI is InChI=1S/C15H14N4O2/c1-15(21)11-7-8(13(20)19-14(16)17)4-5-9(11)10-3-2-6-18-12(10)15/h2-7,21H,1H3,(H4,16,17,19,20). The maximum atomic E-state index is 11.9. The number of amides is 1. The van der Waals surface area contributed by atoms with Crippen LogP contribution in [0.15, 0.2) is 41.5 Å². The molecule has 1 unspecified atom stereocenters. The Morgan fingerprint density at radius 3 is 2.76 bits per heavy atom. The summed E-state index contributed by atoms with van der Waals surface area (Å²) in [6, 6.07) is 8.70. The smallest absolute Gasteiger partial charge is 0.280 e. The van der Waals surface area contributed by atoms with Crippen molar-refractivity contribution >= 4 is 11.9 Å². The predicted octanol–water partition coefficient (Wildman–Crippen LogP) is 0.731. The van der Waals surface area contributed by atoms with Gasteiger partial charge in [0.15, 0.2) is 5.96 Å². The predicted molar refractivity (Wildman–Crippen MR) is 78.5 cm³/mol. The molecule has 1 aromatic heterocycles. The van der Waals surface area contributed by atoms with Gasteiger partial charge in [-0.3, -0.25) is 9.78 Å². The lowest BCUT2D eigenvalue weighted by Crippen LogP contribution is -2.24. The Labute approximate surface area is 121 Å². The van der Waals surface area contributed by atoms with Crippen LogP contribution in [0.4, 0.5) is 0 Å². The Kier molecular flexibility index (Phi) is 2.77. The van der Waals surface area contributed by atoms with Gasteiger partial charge in [0.05, 0.1) is 5.69 Å². The normalized spacial score (nSPS) is 18.8. The number of aromatic nitrogens is 1. The minimum atomic E-state index is -1.25. The number of carbonyl (C=O) groups is 1. The van der Waals surface area contributed by atoms with Crippen molar-refractivity contribution < 1.29 is 9.90 Å². The third-order valence-electron chi connectivity index (χ3n) is 3.58. The fourth-order valence-corrected chi connectivity index (χ4v) is 2.63. The topological polar surface area (TPSA) is 115 Å². The average molecular weight is 282 g/mol. The van der Waals surface area contributed by atoms with Gasteiger partial charge in [-0.2, -0.15) is 4.99 Å². The molecule has 106 valence electrons. The molecule has 0 spiro atoms. The van der Waals surface area contributed by atoms with Crippen LogP contribution >= 0.6 is 0 Å². The number of guanidine groups is 1. The molecule has 0 radical (unpaired) electrons. The molecule has 6 heteroatoms. The van der Waals surface area contributed by atoms with Crippen LogP contribution in [0.5, 0.6) is 0 Å². The number of rotatable bonds is 1. The molecule has 1 atom stereocenters. The van der Waals surface area contributed by atoms with Crippen molar-refractivity contribution in [2.75, 3.05) is 0 Å². The van der Waals surface area contributed by atoms with E-state index in [2.05, 4.69) is 9.98 Å². The molecule has 0 saturated carbocycles. The Balaban J connectivity index is 2.16. The van der Waals surface area contributed by atoms with E-state index in [0.717, 1.165) is 11.1 Å². The summed E-state index contributed by atoms with van der Waals surface area (Å²) in [6.45, 7) is 1.65. The average Bonchev–Trinajstić information content (AvgIpc) is 2.67. The second-order valence-corrected chi connectivity index (χ2v) is 5.07. The van der Waals surface area contributed by atoms with Gasteiger partial charge in [-0.15, -0.1) is 0 Å². The summed E-state index contributed by atoms with van der Waals surface area (Å²) in [5.74, 6) is -0.838. The number of pyridine rings is 1. The number of nitrogens with zero attached hydrogens (tertiary/aromatic N) is 2. The van der Waals surface area contributed by atoms with E-state index in [1.54, 1.807) is 31.3 Å². The van der Waals surface area contributed by atoms with Crippen molar-refractivity contribution in [3.63, 3.8) is 0 Å². The second kappa shape index (κ2) is 4.39. The third-order valence-corrected chi connectivity index (χ3v) is 3.58. The number of carbonyl (C=O) groups excluding carboxylic acids is 1. The molecule has 1 aliphatic carbocycles. The zero-order chi connectivity index (χ0) is 15.2. The SMILES string of the molecule is CC1(O)c2cc(C(=O)N=C(N)N)ccc2-c2cccnc21. The third kappa shape index (κ3) is 1.96. The molecule has 1 amide bonds. The second-order valence-electron chi connectivity index (χ2n) is 5.07. The number of fused-ring (bicyclic) bond motifs is 3.